The van der Waals surface area contributed by atoms with E-state index in [1.807, 2.05) is 26.0 Å². The molecule has 274 valence electrons. The molecule has 0 bridgehead atoms. The lowest BCUT2D eigenvalue weighted by molar-refractivity contribution is 0.121. The van der Waals surface area contributed by atoms with Crippen LogP contribution in [0.25, 0.3) is 11.1 Å². The van der Waals surface area contributed by atoms with Crippen LogP contribution in [0.15, 0.2) is 84.9 Å². The third-order valence-electron chi connectivity index (χ3n) is 10.2. The van der Waals surface area contributed by atoms with Crippen LogP contribution < -0.4 is 15.1 Å². The summed E-state index contributed by atoms with van der Waals surface area (Å²) in [5.41, 5.74) is 3.52. The van der Waals surface area contributed by atoms with E-state index in [2.05, 4.69) is 110 Å². The lowest BCUT2D eigenvalue weighted by atomic mass is 9.90. The second-order valence-electron chi connectivity index (χ2n) is 16.2. The summed E-state index contributed by atoms with van der Waals surface area (Å²) in [6, 6.07) is 27.4. The molecule has 0 unspecified atom stereocenters. The molecule has 0 fully saturated rings. The van der Waals surface area contributed by atoms with Gasteiger partial charge in [0.25, 0.3) is 8.32 Å². The molecule has 0 amide bonds. The van der Waals surface area contributed by atoms with E-state index in [-0.39, 0.29) is 34.3 Å². The van der Waals surface area contributed by atoms with Crippen LogP contribution in [0.2, 0.25) is 23.2 Å². The van der Waals surface area contributed by atoms with E-state index in [0.29, 0.717) is 29.2 Å². The molecule has 0 aliphatic rings. The summed E-state index contributed by atoms with van der Waals surface area (Å²) >= 11 is 0. The van der Waals surface area contributed by atoms with Crippen LogP contribution in [0, 0.1) is 5.82 Å². The van der Waals surface area contributed by atoms with Crippen molar-refractivity contribution in [3.63, 3.8) is 0 Å². The Labute approximate surface area is 307 Å². The van der Waals surface area contributed by atoms with Crippen LogP contribution >= 0.6 is 0 Å². The summed E-state index contributed by atoms with van der Waals surface area (Å²) < 4.78 is 39.6. The van der Waals surface area contributed by atoms with E-state index in [0.717, 1.165) is 11.3 Å². The van der Waals surface area contributed by atoms with Crippen LogP contribution in [0.3, 0.4) is 0 Å². The SMILES string of the molecule is COC(=O)Oc1c(C(C)C)nc([C@H](C)CO[Si](c2ccccc2)(c2ccccc2)C(C)(C)C)c(CO[Si](C)(C)C(C)(C)C)c1-c1ccc(F)cc1. The Kier molecular flexibility index (Phi) is 12.5. The lowest BCUT2D eigenvalue weighted by Gasteiger charge is -2.43. The Hall–Kier alpha value is -3.64. The van der Waals surface area contributed by atoms with Crippen molar-refractivity contribution in [1.29, 1.82) is 0 Å². The highest BCUT2D eigenvalue weighted by Gasteiger charge is 2.50. The molecule has 1 atom stereocenters. The molecule has 0 spiro atoms. The molecule has 4 rings (SSSR count). The Bertz CT molecular complexity index is 1730. The number of halogens is 1. The highest BCUT2D eigenvalue weighted by Crippen LogP contribution is 2.45. The number of carbonyl (C=O) groups is 1. The van der Waals surface area contributed by atoms with Gasteiger partial charge in [-0.05, 0) is 57.2 Å². The summed E-state index contributed by atoms with van der Waals surface area (Å²) in [4.78, 5) is 18.1. The monoisotopic (exact) mass is 729 g/mol. The maximum atomic E-state index is 14.4. The molecule has 0 aliphatic heterocycles. The van der Waals surface area contributed by atoms with Gasteiger partial charge in [-0.2, -0.15) is 0 Å². The van der Waals surface area contributed by atoms with Gasteiger partial charge < -0.3 is 18.3 Å². The first-order chi connectivity index (χ1) is 23.8. The van der Waals surface area contributed by atoms with Crippen molar-refractivity contribution < 1.29 is 27.5 Å². The average Bonchev–Trinajstić information content (AvgIpc) is 3.07. The fourth-order valence-electron chi connectivity index (χ4n) is 6.30. The number of pyridine rings is 1. The quantitative estimate of drug-likeness (QED) is 0.107. The van der Waals surface area contributed by atoms with Gasteiger partial charge in [0.2, 0.25) is 0 Å². The molecule has 0 saturated carbocycles. The number of aromatic nitrogens is 1. The lowest BCUT2D eigenvalue weighted by Crippen LogP contribution is -2.66. The summed E-state index contributed by atoms with van der Waals surface area (Å²) in [5.74, 6) is -0.392. The largest absolute Gasteiger partial charge is 0.513 e. The van der Waals surface area contributed by atoms with Gasteiger partial charge in [0.1, 0.15) is 5.82 Å². The minimum absolute atomic E-state index is 0.0577. The van der Waals surface area contributed by atoms with Crippen LogP contribution in [0.1, 0.15) is 91.1 Å². The minimum atomic E-state index is -2.87. The molecule has 0 aliphatic carbocycles. The highest BCUT2D eigenvalue weighted by molar-refractivity contribution is 6.99. The van der Waals surface area contributed by atoms with Crippen molar-refractivity contribution in [2.75, 3.05) is 13.7 Å². The van der Waals surface area contributed by atoms with Crippen molar-refractivity contribution in [2.45, 2.75) is 104 Å². The summed E-state index contributed by atoms with van der Waals surface area (Å²) in [6.45, 7) is 24.6. The zero-order valence-corrected chi connectivity index (χ0v) is 34.5. The van der Waals surface area contributed by atoms with Gasteiger partial charge in [-0.1, -0.05) is 135 Å². The molecule has 3 aromatic carbocycles. The van der Waals surface area contributed by atoms with E-state index < -0.39 is 22.8 Å². The number of benzene rings is 3. The normalized spacial score (nSPS) is 13.3. The van der Waals surface area contributed by atoms with Gasteiger partial charge in [0.05, 0.1) is 25.1 Å². The van der Waals surface area contributed by atoms with Gasteiger partial charge in [0, 0.05) is 23.7 Å². The smallest absolute Gasteiger partial charge is 0.437 e. The van der Waals surface area contributed by atoms with E-state index in [9.17, 15) is 9.18 Å². The van der Waals surface area contributed by atoms with Gasteiger partial charge in [-0.3, -0.25) is 4.98 Å². The molecular weight excluding hydrogens is 674 g/mol. The van der Waals surface area contributed by atoms with Crippen molar-refractivity contribution in [2.24, 2.45) is 0 Å². The Morgan fingerprint density at radius 1 is 0.765 bits per heavy atom. The third-order valence-corrected chi connectivity index (χ3v) is 19.6. The molecule has 51 heavy (non-hydrogen) atoms. The second kappa shape index (κ2) is 15.9. The summed E-state index contributed by atoms with van der Waals surface area (Å²) in [5, 5.41) is 2.12. The van der Waals surface area contributed by atoms with Crippen LogP contribution in [-0.2, 0) is 20.2 Å². The van der Waals surface area contributed by atoms with Crippen LogP contribution in [0.4, 0.5) is 9.18 Å². The molecular formula is C42H56FNO5Si2. The Morgan fingerprint density at radius 3 is 1.75 bits per heavy atom. The number of carbonyl (C=O) groups excluding carboxylic acids is 1. The molecule has 9 heteroatoms. The van der Waals surface area contributed by atoms with E-state index in [1.165, 1.54) is 29.6 Å². The zero-order chi connectivity index (χ0) is 37.8. The standard InChI is InChI=1S/C42H56FNO5Si2/c1-29(2)37-39(49-40(45)46-10)36(31-23-25-32(43)26-24-31)35(28-47-50(11,12)41(4,5)6)38(44-37)30(3)27-48-51(42(7,8)9,33-19-15-13-16-20-33)34-21-17-14-18-22-34/h13-26,29-30H,27-28H2,1-12H3/t30-/m1/s1. The van der Waals surface area contributed by atoms with E-state index >= 15 is 0 Å². The number of hydrogen-bond acceptors (Lipinski definition) is 6. The molecule has 1 aromatic heterocycles. The molecule has 0 saturated heterocycles. The van der Waals surface area contributed by atoms with Crippen LogP contribution in [-0.4, -0.2) is 41.5 Å². The van der Waals surface area contributed by atoms with Crippen molar-refractivity contribution in [3.8, 4) is 16.9 Å². The Morgan fingerprint density at radius 2 is 1.29 bits per heavy atom. The first-order valence-electron chi connectivity index (χ1n) is 17.8. The van der Waals surface area contributed by atoms with Crippen molar-refractivity contribution in [3.05, 3.63) is 108 Å². The number of hydrogen-bond donors (Lipinski definition) is 0. The number of nitrogens with zero attached hydrogens (tertiary/aromatic N) is 1. The number of ether oxygens (including phenoxy) is 2. The van der Waals surface area contributed by atoms with E-state index in [1.54, 1.807) is 12.1 Å². The molecule has 0 N–H and O–H groups in total. The third kappa shape index (κ3) is 8.71. The fraction of sp³-hybridized carbons (Fsp3) is 0.429. The average molecular weight is 730 g/mol. The minimum Gasteiger partial charge on any atom is -0.437 e. The topological polar surface area (TPSA) is 66.9 Å². The number of methoxy groups -OCH3 is 1. The molecule has 1 heterocycles. The first-order valence-corrected chi connectivity index (χ1v) is 22.6. The van der Waals surface area contributed by atoms with Gasteiger partial charge >= 0.3 is 6.16 Å². The fourth-order valence-corrected chi connectivity index (χ4v) is 11.9. The van der Waals surface area contributed by atoms with Crippen molar-refractivity contribution in [1.82, 2.24) is 4.98 Å². The predicted octanol–water partition coefficient (Wildman–Crippen LogP) is 10.4. The molecule has 0 radical (unpaired) electrons. The van der Waals surface area contributed by atoms with Gasteiger partial charge in [-0.15, -0.1) is 0 Å². The maximum Gasteiger partial charge on any atom is 0.513 e. The first kappa shape index (κ1) is 40.1. The zero-order valence-electron chi connectivity index (χ0n) is 32.5. The highest BCUT2D eigenvalue weighted by atomic mass is 28.4. The predicted molar refractivity (Wildman–Crippen MR) is 211 cm³/mol. The maximum absolute atomic E-state index is 14.4. The summed E-state index contributed by atoms with van der Waals surface area (Å²) in [7, 11) is -3.87. The number of rotatable bonds is 12. The molecule has 4 aromatic rings. The van der Waals surface area contributed by atoms with Gasteiger partial charge in [0.15, 0.2) is 14.1 Å². The van der Waals surface area contributed by atoms with Crippen LogP contribution in [0.5, 0.6) is 5.75 Å². The van der Waals surface area contributed by atoms with E-state index in [4.69, 9.17) is 23.3 Å². The van der Waals surface area contributed by atoms with Crippen molar-refractivity contribution >= 4 is 33.2 Å². The van der Waals surface area contributed by atoms with Gasteiger partial charge in [-0.25, -0.2) is 9.18 Å². The Balaban J connectivity index is 1.99. The molecule has 6 nitrogen and oxygen atoms in total. The summed E-state index contributed by atoms with van der Waals surface area (Å²) in [6.07, 6.45) is -0.853. The second-order valence-corrected chi connectivity index (χ2v) is 25.3.